The van der Waals surface area contributed by atoms with Crippen molar-refractivity contribution in [2.24, 2.45) is 0 Å². The highest BCUT2D eigenvalue weighted by Crippen LogP contribution is 2.25. The second-order valence-electron chi connectivity index (χ2n) is 6.18. The fourth-order valence-corrected chi connectivity index (χ4v) is 4.37. The molecule has 1 aliphatic heterocycles. The van der Waals surface area contributed by atoms with E-state index in [1.807, 2.05) is 24.3 Å². The van der Waals surface area contributed by atoms with Gasteiger partial charge in [-0.15, -0.1) is 0 Å². The number of nitrogens with zero attached hydrogens (tertiary/aromatic N) is 1. The molecule has 2 aromatic carbocycles. The van der Waals surface area contributed by atoms with E-state index in [2.05, 4.69) is 0 Å². The number of nitrogens with one attached hydrogen (secondary N) is 1. The molecule has 0 fully saturated rings. The molecule has 0 bridgehead atoms. The lowest BCUT2D eigenvalue weighted by Gasteiger charge is -2.28. The molecule has 1 aliphatic rings. The number of alkyl halides is 3. The van der Waals surface area contributed by atoms with Crippen LogP contribution in [0.5, 0.6) is 0 Å². The maximum absolute atomic E-state index is 12.9. The maximum Gasteiger partial charge on any atom is 0.405 e. The lowest BCUT2D eigenvalue weighted by Crippen LogP contribution is -2.36. The Balaban J connectivity index is 1.81. The zero-order valence-electron chi connectivity index (χ0n) is 14.2. The highest BCUT2D eigenvalue weighted by atomic mass is 32.2. The molecule has 0 aliphatic carbocycles. The predicted octanol–water partition coefficient (Wildman–Crippen LogP) is 2.73. The average molecular weight is 398 g/mol. The number of carbonyl (C=O) groups is 1. The molecule has 1 amide bonds. The Hall–Kier alpha value is -2.39. The maximum atomic E-state index is 12.9. The molecule has 27 heavy (non-hydrogen) atoms. The van der Waals surface area contributed by atoms with Crippen LogP contribution in [-0.2, 0) is 23.0 Å². The highest BCUT2D eigenvalue weighted by Gasteiger charge is 2.30. The second kappa shape index (κ2) is 7.32. The SMILES string of the molecule is O=C(NCC(F)(F)F)c1cccc(S(=O)(=O)N2CCc3ccccc3C2)c1. The third-order valence-electron chi connectivity index (χ3n) is 4.28. The summed E-state index contributed by atoms with van der Waals surface area (Å²) >= 11 is 0. The minimum absolute atomic E-state index is 0.124. The van der Waals surface area contributed by atoms with Crippen molar-refractivity contribution >= 4 is 15.9 Å². The minimum atomic E-state index is -4.54. The van der Waals surface area contributed by atoms with Gasteiger partial charge < -0.3 is 5.32 Å². The monoisotopic (exact) mass is 398 g/mol. The molecule has 0 unspecified atom stereocenters. The van der Waals surface area contributed by atoms with Crippen LogP contribution >= 0.6 is 0 Å². The van der Waals surface area contributed by atoms with Gasteiger partial charge in [-0.25, -0.2) is 8.42 Å². The fraction of sp³-hybridized carbons (Fsp3) is 0.278. The number of benzene rings is 2. The number of rotatable bonds is 4. The van der Waals surface area contributed by atoms with Crippen molar-refractivity contribution in [1.29, 1.82) is 0 Å². The van der Waals surface area contributed by atoms with Crippen LogP contribution < -0.4 is 5.32 Å². The van der Waals surface area contributed by atoms with E-state index in [0.717, 1.165) is 17.2 Å². The molecule has 0 saturated carbocycles. The molecule has 0 aromatic heterocycles. The lowest BCUT2D eigenvalue weighted by molar-refractivity contribution is -0.123. The average Bonchev–Trinajstić information content (AvgIpc) is 2.65. The van der Waals surface area contributed by atoms with Crippen molar-refractivity contribution < 1.29 is 26.4 Å². The van der Waals surface area contributed by atoms with Gasteiger partial charge >= 0.3 is 6.18 Å². The molecular formula is C18H17F3N2O3S. The smallest absolute Gasteiger partial charge is 0.343 e. The van der Waals surface area contributed by atoms with Gasteiger partial charge in [0.15, 0.2) is 0 Å². The van der Waals surface area contributed by atoms with Crippen molar-refractivity contribution in [2.45, 2.75) is 24.0 Å². The number of sulfonamides is 1. The Kier molecular flexibility index (Phi) is 5.25. The van der Waals surface area contributed by atoms with Crippen LogP contribution in [0, 0.1) is 0 Å². The van der Waals surface area contributed by atoms with E-state index < -0.39 is 28.7 Å². The fourth-order valence-electron chi connectivity index (χ4n) is 2.90. The zero-order valence-corrected chi connectivity index (χ0v) is 15.0. The summed E-state index contributed by atoms with van der Waals surface area (Å²) in [5.74, 6) is -0.978. The van der Waals surface area contributed by atoms with E-state index >= 15 is 0 Å². The Labute approximate surface area is 154 Å². The Morgan fingerprint density at radius 3 is 2.48 bits per heavy atom. The summed E-state index contributed by atoms with van der Waals surface area (Å²) in [7, 11) is -3.87. The first-order valence-electron chi connectivity index (χ1n) is 8.19. The highest BCUT2D eigenvalue weighted by molar-refractivity contribution is 7.89. The van der Waals surface area contributed by atoms with Gasteiger partial charge in [0.2, 0.25) is 10.0 Å². The second-order valence-corrected chi connectivity index (χ2v) is 8.12. The first kappa shape index (κ1) is 19.4. The molecule has 3 rings (SSSR count). The van der Waals surface area contributed by atoms with Gasteiger partial charge in [0, 0.05) is 18.7 Å². The van der Waals surface area contributed by atoms with Crippen LogP contribution in [-0.4, -0.2) is 37.9 Å². The number of hydrogen-bond donors (Lipinski definition) is 1. The summed E-state index contributed by atoms with van der Waals surface area (Å²) in [5.41, 5.74) is 1.85. The number of amides is 1. The molecule has 5 nitrogen and oxygen atoms in total. The molecule has 0 saturated heterocycles. The van der Waals surface area contributed by atoms with Crippen molar-refractivity contribution in [2.75, 3.05) is 13.1 Å². The molecule has 0 radical (unpaired) electrons. The van der Waals surface area contributed by atoms with E-state index in [1.54, 1.807) is 5.32 Å². The largest absolute Gasteiger partial charge is 0.405 e. The molecule has 9 heteroatoms. The van der Waals surface area contributed by atoms with Crippen molar-refractivity contribution in [3.63, 3.8) is 0 Å². The summed E-state index contributed by atoms with van der Waals surface area (Å²) in [6.45, 7) is -0.974. The van der Waals surface area contributed by atoms with Gasteiger partial charge in [-0.1, -0.05) is 30.3 Å². The van der Waals surface area contributed by atoms with E-state index in [-0.39, 0.29) is 17.0 Å². The van der Waals surface area contributed by atoms with Gasteiger partial charge in [0.25, 0.3) is 5.91 Å². The first-order chi connectivity index (χ1) is 12.7. The summed E-state index contributed by atoms with van der Waals surface area (Å²) in [6.07, 6.45) is -3.97. The predicted molar refractivity (Wildman–Crippen MR) is 92.6 cm³/mol. The van der Waals surface area contributed by atoms with Gasteiger partial charge in [-0.2, -0.15) is 17.5 Å². The Morgan fingerprint density at radius 1 is 1.07 bits per heavy atom. The summed E-state index contributed by atoms with van der Waals surface area (Å²) in [5, 5.41) is 1.74. The molecule has 144 valence electrons. The van der Waals surface area contributed by atoms with Crippen LogP contribution in [0.3, 0.4) is 0 Å². The molecule has 2 aromatic rings. The topological polar surface area (TPSA) is 66.5 Å². The van der Waals surface area contributed by atoms with Crippen LogP contribution in [0.4, 0.5) is 13.2 Å². The van der Waals surface area contributed by atoms with Crippen LogP contribution in [0.15, 0.2) is 53.4 Å². The standard InChI is InChI=1S/C18H17F3N2O3S/c19-18(20,21)12-22-17(24)14-6-3-7-16(10-14)27(25,26)23-9-8-13-4-1-2-5-15(13)11-23/h1-7,10H,8-9,11-12H2,(H,22,24). The van der Waals surface area contributed by atoms with E-state index in [4.69, 9.17) is 0 Å². The molecule has 0 spiro atoms. The summed E-state index contributed by atoms with van der Waals surface area (Å²) < 4.78 is 63.9. The third kappa shape index (κ3) is 4.48. The van der Waals surface area contributed by atoms with E-state index in [1.165, 1.54) is 22.5 Å². The van der Waals surface area contributed by atoms with Gasteiger partial charge in [0.05, 0.1) is 4.90 Å². The van der Waals surface area contributed by atoms with Crippen molar-refractivity contribution in [1.82, 2.24) is 9.62 Å². The van der Waals surface area contributed by atoms with Gasteiger partial charge in [-0.05, 0) is 35.7 Å². The normalized spacial score (nSPS) is 15.2. The van der Waals surface area contributed by atoms with Crippen molar-refractivity contribution in [3.8, 4) is 0 Å². The Morgan fingerprint density at radius 2 is 1.78 bits per heavy atom. The number of fused-ring (bicyclic) bond motifs is 1. The van der Waals surface area contributed by atoms with Gasteiger partial charge in [0.1, 0.15) is 6.54 Å². The van der Waals surface area contributed by atoms with Crippen LogP contribution in [0.2, 0.25) is 0 Å². The number of hydrogen-bond acceptors (Lipinski definition) is 3. The molecule has 0 atom stereocenters. The summed E-state index contributed by atoms with van der Waals surface area (Å²) in [6, 6.07) is 12.6. The molecular weight excluding hydrogens is 381 g/mol. The quantitative estimate of drug-likeness (QED) is 0.861. The zero-order chi connectivity index (χ0) is 19.7. The van der Waals surface area contributed by atoms with Crippen LogP contribution in [0.25, 0.3) is 0 Å². The van der Waals surface area contributed by atoms with Crippen molar-refractivity contribution in [3.05, 3.63) is 65.2 Å². The van der Waals surface area contributed by atoms with E-state index in [0.29, 0.717) is 13.0 Å². The molecule has 1 heterocycles. The summed E-state index contributed by atoms with van der Waals surface area (Å²) in [4.78, 5) is 11.8. The number of halogens is 3. The van der Waals surface area contributed by atoms with Gasteiger partial charge in [-0.3, -0.25) is 4.79 Å². The number of carbonyl (C=O) groups excluding carboxylic acids is 1. The first-order valence-corrected chi connectivity index (χ1v) is 9.63. The van der Waals surface area contributed by atoms with E-state index in [9.17, 15) is 26.4 Å². The minimum Gasteiger partial charge on any atom is -0.343 e. The Bertz CT molecular complexity index is 958. The van der Waals surface area contributed by atoms with Crippen LogP contribution in [0.1, 0.15) is 21.5 Å². The molecule has 1 N–H and O–H groups in total. The lowest BCUT2D eigenvalue weighted by atomic mass is 10.0. The third-order valence-corrected chi connectivity index (χ3v) is 6.12.